The average Bonchev–Trinajstić information content (AvgIpc) is 2.37. The van der Waals surface area contributed by atoms with E-state index in [4.69, 9.17) is 4.74 Å². The fraction of sp³-hybridized carbons (Fsp3) is 0.625. The molecule has 3 nitrogen and oxygen atoms in total. The Morgan fingerprint density at radius 2 is 2.10 bits per heavy atom. The zero-order chi connectivity index (χ0) is 14.9. The maximum atomic E-state index is 5.39. The first-order valence-corrected chi connectivity index (χ1v) is 7.98. The molecule has 1 atom stereocenters. The van der Waals surface area contributed by atoms with E-state index in [1.165, 1.54) is 5.69 Å². The molecule has 1 saturated heterocycles. The zero-order valence-electron chi connectivity index (χ0n) is 13.0. The Balaban J connectivity index is 2.39. The predicted octanol–water partition coefficient (Wildman–Crippen LogP) is 3.67. The van der Waals surface area contributed by atoms with Crippen LogP contribution in [0, 0.1) is 5.92 Å². The highest BCUT2D eigenvalue weighted by Crippen LogP contribution is 2.35. The largest absolute Gasteiger partial charge is 0.497 e. The van der Waals surface area contributed by atoms with Gasteiger partial charge >= 0.3 is 0 Å². The van der Waals surface area contributed by atoms with Gasteiger partial charge in [-0.25, -0.2) is 0 Å². The number of anilines is 1. The summed E-state index contributed by atoms with van der Waals surface area (Å²) in [6.07, 6.45) is 0. The minimum Gasteiger partial charge on any atom is -0.497 e. The molecule has 1 aliphatic heterocycles. The van der Waals surface area contributed by atoms with Crippen molar-refractivity contribution in [2.75, 3.05) is 25.1 Å². The standard InChI is InChI=1S/C16H25BrN2O/c1-11(2)15-9-18-16(3,4)10-19(15)14-8-12(20-5)6-7-13(14)17/h6-8,11,15,18H,9-10H2,1-5H3. The summed E-state index contributed by atoms with van der Waals surface area (Å²) in [4.78, 5) is 2.51. The van der Waals surface area contributed by atoms with Crippen LogP contribution in [0.15, 0.2) is 22.7 Å². The molecule has 1 fully saturated rings. The van der Waals surface area contributed by atoms with E-state index >= 15 is 0 Å². The first-order chi connectivity index (χ1) is 9.34. The zero-order valence-corrected chi connectivity index (χ0v) is 14.6. The highest BCUT2D eigenvalue weighted by Gasteiger charge is 2.34. The van der Waals surface area contributed by atoms with Gasteiger partial charge < -0.3 is 15.0 Å². The van der Waals surface area contributed by atoms with Crippen molar-refractivity contribution in [1.29, 1.82) is 0 Å². The Hall–Kier alpha value is -0.740. The minimum absolute atomic E-state index is 0.119. The molecule has 0 amide bonds. The van der Waals surface area contributed by atoms with Gasteiger partial charge in [0.25, 0.3) is 0 Å². The number of halogens is 1. The molecule has 1 heterocycles. The summed E-state index contributed by atoms with van der Waals surface area (Å²) < 4.78 is 6.51. The van der Waals surface area contributed by atoms with Crippen molar-refractivity contribution in [1.82, 2.24) is 5.32 Å². The van der Waals surface area contributed by atoms with Crippen molar-refractivity contribution in [3.63, 3.8) is 0 Å². The molecule has 0 bridgehead atoms. The molecule has 0 radical (unpaired) electrons. The Morgan fingerprint density at radius 1 is 1.40 bits per heavy atom. The third-order valence-electron chi connectivity index (χ3n) is 3.99. The van der Waals surface area contributed by atoms with Crippen LogP contribution >= 0.6 is 15.9 Å². The van der Waals surface area contributed by atoms with Crippen LogP contribution in [0.2, 0.25) is 0 Å². The maximum Gasteiger partial charge on any atom is 0.121 e. The Bertz CT molecular complexity index is 474. The van der Waals surface area contributed by atoms with E-state index in [1.54, 1.807) is 7.11 Å². The second kappa shape index (κ2) is 5.94. The topological polar surface area (TPSA) is 24.5 Å². The van der Waals surface area contributed by atoms with E-state index in [1.807, 2.05) is 6.07 Å². The molecule has 0 spiro atoms. The predicted molar refractivity (Wildman–Crippen MR) is 88.7 cm³/mol. The second-order valence-corrected chi connectivity index (χ2v) is 7.38. The molecule has 1 aromatic rings. The lowest BCUT2D eigenvalue weighted by atomic mass is 9.92. The van der Waals surface area contributed by atoms with Gasteiger partial charge in [0, 0.05) is 35.2 Å². The normalized spacial score (nSPS) is 22.1. The summed E-state index contributed by atoms with van der Waals surface area (Å²) in [7, 11) is 1.72. The summed E-state index contributed by atoms with van der Waals surface area (Å²) in [6, 6.07) is 6.68. The van der Waals surface area contributed by atoms with Crippen LogP contribution in [0.3, 0.4) is 0 Å². The number of hydrogen-bond acceptors (Lipinski definition) is 3. The summed E-state index contributed by atoms with van der Waals surface area (Å²) in [5.74, 6) is 1.50. The molecular weight excluding hydrogens is 316 g/mol. The third-order valence-corrected chi connectivity index (χ3v) is 4.66. The molecule has 0 aliphatic carbocycles. The number of ether oxygens (including phenoxy) is 1. The molecule has 1 aliphatic rings. The van der Waals surface area contributed by atoms with Crippen LogP contribution in [0.1, 0.15) is 27.7 Å². The highest BCUT2D eigenvalue weighted by molar-refractivity contribution is 9.10. The van der Waals surface area contributed by atoms with Crippen molar-refractivity contribution in [2.45, 2.75) is 39.3 Å². The van der Waals surface area contributed by atoms with E-state index in [2.05, 4.69) is 66.0 Å². The average molecular weight is 341 g/mol. The maximum absolute atomic E-state index is 5.39. The molecule has 0 saturated carbocycles. The quantitative estimate of drug-likeness (QED) is 0.908. The van der Waals surface area contributed by atoms with Crippen LogP contribution < -0.4 is 15.0 Å². The first kappa shape index (κ1) is 15.6. The van der Waals surface area contributed by atoms with Gasteiger partial charge in [0.15, 0.2) is 0 Å². The monoisotopic (exact) mass is 340 g/mol. The summed E-state index contributed by atoms with van der Waals surface area (Å²) >= 11 is 3.69. The van der Waals surface area contributed by atoms with Gasteiger partial charge in [-0.3, -0.25) is 0 Å². The van der Waals surface area contributed by atoms with Gasteiger partial charge in [0.2, 0.25) is 0 Å². The Labute approximate surface area is 130 Å². The van der Waals surface area contributed by atoms with Crippen LogP contribution in [0.5, 0.6) is 5.75 Å². The first-order valence-electron chi connectivity index (χ1n) is 7.19. The Kier molecular flexibility index (Phi) is 4.65. The summed E-state index contributed by atoms with van der Waals surface area (Å²) in [5.41, 5.74) is 1.34. The number of methoxy groups -OCH3 is 1. The summed E-state index contributed by atoms with van der Waals surface area (Å²) in [5, 5.41) is 3.65. The molecule has 0 aromatic heterocycles. The number of piperazine rings is 1. The van der Waals surface area contributed by atoms with Crippen LogP contribution in [-0.4, -0.2) is 31.8 Å². The van der Waals surface area contributed by atoms with Gasteiger partial charge in [0.05, 0.1) is 12.8 Å². The van der Waals surface area contributed by atoms with E-state index in [0.717, 1.165) is 23.3 Å². The van der Waals surface area contributed by atoms with Crippen molar-refractivity contribution in [3.05, 3.63) is 22.7 Å². The number of rotatable bonds is 3. The Morgan fingerprint density at radius 3 is 2.70 bits per heavy atom. The minimum atomic E-state index is 0.119. The summed E-state index contributed by atoms with van der Waals surface area (Å²) in [6.45, 7) is 11.1. The van der Waals surface area contributed by atoms with E-state index in [-0.39, 0.29) is 5.54 Å². The van der Waals surface area contributed by atoms with Gasteiger partial charge in [-0.15, -0.1) is 0 Å². The molecule has 20 heavy (non-hydrogen) atoms. The lowest BCUT2D eigenvalue weighted by Crippen LogP contribution is -2.63. The highest BCUT2D eigenvalue weighted by atomic mass is 79.9. The van der Waals surface area contributed by atoms with Gasteiger partial charge in [-0.1, -0.05) is 13.8 Å². The fourth-order valence-electron chi connectivity index (χ4n) is 2.79. The van der Waals surface area contributed by atoms with Crippen molar-refractivity contribution < 1.29 is 4.74 Å². The lowest BCUT2D eigenvalue weighted by molar-refractivity contribution is 0.276. The number of hydrogen-bond donors (Lipinski definition) is 1. The molecule has 1 N–H and O–H groups in total. The van der Waals surface area contributed by atoms with Gasteiger partial charge in [-0.05, 0) is 47.8 Å². The van der Waals surface area contributed by atoms with Crippen molar-refractivity contribution >= 4 is 21.6 Å². The number of nitrogens with zero attached hydrogens (tertiary/aromatic N) is 1. The van der Waals surface area contributed by atoms with Crippen molar-refractivity contribution in [2.24, 2.45) is 5.92 Å². The fourth-order valence-corrected chi connectivity index (χ4v) is 3.26. The molecule has 2 rings (SSSR count). The van der Waals surface area contributed by atoms with Crippen LogP contribution in [0.4, 0.5) is 5.69 Å². The van der Waals surface area contributed by atoms with Crippen molar-refractivity contribution in [3.8, 4) is 5.75 Å². The molecule has 4 heteroatoms. The lowest BCUT2D eigenvalue weighted by Gasteiger charge is -2.47. The van der Waals surface area contributed by atoms with Crippen LogP contribution in [0.25, 0.3) is 0 Å². The van der Waals surface area contributed by atoms with Gasteiger partial charge in [0.1, 0.15) is 5.75 Å². The van der Waals surface area contributed by atoms with E-state index in [9.17, 15) is 0 Å². The molecule has 112 valence electrons. The SMILES string of the molecule is COc1ccc(Br)c(N2CC(C)(C)NCC2C(C)C)c1. The van der Waals surface area contributed by atoms with Gasteiger partial charge in [-0.2, -0.15) is 0 Å². The number of nitrogens with one attached hydrogen (secondary N) is 1. The number of benzene rings is 1. The smallest absolute Gasteiger partial charge is 0.121 e. The third kappa shape index (κ3) is 3.29. The van der Waals surface area contributed by atoms with E-state index < -0.39 is 0 Å². The molecule has 1 unspecified atom stereocenters. The molecular formula is C16H25BrN2O. The molecule has 1 aromatic carbocycles. The second-order valence-electron chi connectivity index (χ2n) is 6.52. The van der Waals surface area contributed by atoms with E-state index in [0.29, 0.717) is 12.0 Å². The van der Waals surface area contributed by atoms with Crippen LogP contribution in [-0.2, 0) is 0 Å².